The van der Waals surface area contributed by atoms with Gasteiger partial charge in [0.25, 0.3) is 0 Å². The highest BCUT2D eigenvalue weighted by molar-refractivity contribution is 7.51. The van der Waals surface area contributed by atoms with E-state index < -0.39 is 19.7 Å². The first-order valence-electron chi connectivity index (χ1n) is 4.48. The maximum absolute atomic E-state index is 10.3. The first kappa shape index (κ1) is 16.1. The molecule has 0 aromatic rings. The molecule has 86 valence electrons. The van der Waals surface area contributed by atoms with E-state index in [9.17, 15) is 9.36 Å². The van der Waals surface area contributed by atoms with Gasteiger partial charge >= 0.3 is 13.6 Å². The lowest BCUT2D eigenvalue weighted by Gasteiger charge is -2.00. The van der Waals surface area contributed by atoms with E-state index in [1.807, 2.05) is 0 Å². The summed E-state index contributed by atoms with van der Waals surface area (Å²) in [6.45, 7) is 4.36. The van der Waals surface area contributed by atoms with Crippen molar-refractivity contribution in [3.63, 3.8) is 0 Å². The smallest absolute Gasteiger partial charge is 0.326 e. The number of methoxy groups -OCH3 is 1. The topological polar surface area (TPSA) is 83.8 Å². The summed E-state index contributed by atoms with van der Waals surface area (Å²) in [5, 5.41) is 0. The molecule has 0 fully saturated rings. The third-order valence-electron chi connectivity index (χ3n) is 1.33. The van der Waals surface area contributed by atoms with E-state index in [0.29, 0.717) is 0 Å². The van der Waals surface area contributed by atoms with Crippen molar-refractivity contribution in [2.45, 2.75) is 33.1 Å². The third kappa shape index (κ3) is 17.6. The summed E-state index contributed by atoms with van der Waals surface area (Å²) < 4.78 is 14.3. The Morgan fingerprint density at radius 1 is 1.29 bits per heavy atom. The summed E-state index contributed by atoms with van der Waals surface area (Å²) in [4.78, 5) is 26.8. The summed E-state index contributed by atoms with van der Waals surface area (Å²) in [5.41, 5.74) is 0. The molecular weight excluding hydrogens is 207 g/mol. The van der Waals surface area contributed by atoms with Crippen LogP contribution in [0.4, 0.5) is 0 Å². The van der Waals surface area contributed by atoms with E-state index in [4.69, 9.17) is 9.79 Å². The van der Waals surface area contributed by atoms with Gasteiger partial charge in [-0.3, -0.25) is 9.36 Å². The molecule has 0 spiro atoms. The fourth-order valence-electron chi connectivity index (χ4n) is 0.339. The lowest BCUT2D eigenvalue weighted by atomic mass is 10.4. The van der Waals surface area contributed by atoms with Crippen LogP contribution in [0.15, 0.2) is 0 Å². The third-order valence-corrected chi connectivity index (χ3v) is 2.14. The minimum absolute atomic E-state index is 0.235. The number of carbonyl (C=O) groups excluding carboxylic acids is 1. The van der Waals surface area contributed by atoms with Crippen LogP contribution in [0.1, 0.15) is 33.1 Å². The van der Waals surface area contributed by atoms with Gasteiger partial charge in [-0.15, -0.1) is 0 Å². The Kier molecular flexibility index (Phi) is 10.5. The van der Waals surface area contributed by atoms with Gasteiger partial charge in [-0.25, -0.2) is 0 Å². The molecule has 0 heterocycles. The average Bonchev–Trinajstić information content (AvgIpc) is 2.13. The summed E-state index contributed by atoms with van der Waals surface area (Å²) in [6, 6.07) is 0. The molecule has 0 aromatic carbocycles. The maximum atomic E-state index is 10.3. The second kappa shape index (κ2) is 9.19. The molecule has 0 radical (unpaired) electrons. The fraction of sp³-hybridized carbons (Fsp3) is 0.875. The molecule has 6 heteroatoms. The molecule has 0 unspecified atom stereocenters. The lowest BCUT2D eigenvalue weighted by molar-refractivity contribution is -0.140. The van der Waals surface area contributed by atoms with Gasteiger partial charge in [0.1, 0.15) is 0 Å². The molecular formula is C8H19O5P. The fourth-order valence-corrected chi connectivity index (χ4v) is 0.813. The van der Waals surface area contributed by atoms with E-state index >= 15 is 0 Å². The highest BCUT2D eigenvalue weighted by atomic mass is 31.2. The van der Waals surface area contributed by atoms with Crippen LogP contribution in [-0.4, -0.2) is 29.0 Å². The molecule has 0 saturated heterocycles. The summed E-state index contributed by atoms with van der Waals surface area (Å²) >= 11 is 0. The predicted molar refractivity (Wildman–Crippen MR) is 54.1 cm³/mol. The normalized spacial score (nSPS) is 10.1. The van der Waals surface area contributed by atoms with Gasteiger partial charge in [0.2, 0.25) is 0 Å². The van der Waals surface area contributed by atoms with E-state index in [1.54, 1.807) is 0 Å². The zero-order valence-corrected chi connectivity index (χ0v) is 9.79. The number of carbonyl (C=O) groups is 1. The van der Waals surface area contributed by atoms with Crippen LogP contribution in [0.2, 0.25) is 0 Å². The van der Waals surface area contributed by atoms with Crippen LogP contribution in [-0.2, 0) is 14.1 Å². The zero-order chi connectivity index (χ0) is 11.6. The second-order valence-corrected chi connectivity index (χ2v) is 4.49. The van der Waals surface area contributed by atoms with Crippen molar-refractivity contribution in [1.82, 2.24) is 0 Å². The van der Waals surface area contributed by atoms with Gasteiger partial charge in [-0.05, 0) is 0 Å². The largest absolute Gasteiger partial charge is 0.469 e. The Morgan fingerprint density at radius 2 is 1.71 bits per heavy atom. The lowest BCUT2D eigenvalue weighted by Crippen LogP contribution is -2.03. The molecule has 5 nitrogen and oxygen atoms in total. The molecule has 0 atom stereocenters. The van der Waals surface area contributed by atoms with E-state index in [0.717, 1.165) is 0 Å². The molecule has 0 bridgehead atoms. The monoisotopic (exact) mass is 226 g/mol. The minimum Gasteiger partial charge on any atom is -0.469 e. The van der Waals surface area contributed by atoms with Gasteiger partial charge in [0.05, 0.1) is 19.7 Å². The van der Waals surface area contributed by atoms with Crippen LogP contribution in [0.25, 0.3) is 0 Å². The van der Waals surface area contributed by atoms with Crippen LogP contribution < -0.4 is 0 Å². The quantitative estimate of drug-likeness (QED) is 0.561. The standard InChI is InChI=1S/C4H9O5P.C4H10/c1-9-4(5)2-3-10(6,7)8;1-3-4-2/h2-3H2,1H3,(H2,6,7,8);3-4H2,1-2H3. The van der Waals surface area contributed by atoms with Crippen molar-refractivity contribution >= 4 is 13.6 Å². The van der Waals surface area contributed by atoms with E-state index in [1.165, 1.54) is 20.0 Å². The van der Waals surface area contributed by atoms with Crippen LogP contribution in [0.3, 0.4) is 0 Å². The second-order valence-electron chi connectivity index (χ2n) is 2.71. The molecule has 14 heavy (non-hydrogen) atoms. The molecule has 0 rings (SSSR count). The molecule has 0 amide bonds. The summed E-state index contributed by atoms with van der Waals surface area (Å²) in [6.07, 6.45) is 1.96. The predicted octanol–water partition coefficient (Wildman–Crippen LogP) is 1.53. The molecule has 2 N–H and O–H groups in total. The van der Waals surface area contributed by atoms with Crippen molar-refractivity contribution in [3.05, 3.63) is 0 Å². The van der Waals surface area contributed by atoms with Gasteiger partial charge in [0.15, 0.2) is 0 Å². The Hall–Kier alpha value is -0.380. The van der Waals surface area contributed by atoms with Crippen LogP contribution in [0, 0.1) is 0 Å². The van der Waals surface area contributed by atoms with Crippen LogP contribution in [0.5, 0.6) is 0 Å². The minimum atomic E-state index is -4.03. The SMILES string of the molecule is CCCC.COC(=O)CCP(=O)(O)O. The highest BCUT2D eigenvalue weighted by Gasteiger charge is 2.14. The maximum Gasteiger partial charge on any atom is 0.326 e. The van der Waals surface area contributed by atoms with Crippen molar-refractivity contribution in [3.8, 4) is 0 Å². The number of hydrogen-bond acceptors (Lipinski definition) is 3. The van der Waals surface area contributed by atoms with Crippen molar-refractivity contribution in [2.75, 3.05) is 13.3 Å². The number of unbranched alkanes of at least 4 members (excludes halogenated alkanes) is 1. The van der Waals surface area contributed by atoms with Crippen molar-refractivity contribution < 1.29 is 23.9 Å². The first-order chi connectivity index (χ1) is 6.37. The van der Waals surface area contributed by atoms with E-state index in [2.05, 4.69) is 18.6 Å². The number of rotatable bonds is 4. The molecule has 0 aliphatic heterocycles. The Balaban J connectivity index is 0. The zero-order valence-electron chi connectivity index (χ0n) is 8.89. The number of esters is 1. The molecule has 0 saturated carbocycles. The van der Waals surface area contributed by atoms with E-state index in [-0.39, 0.29) is 6.42 Å². The van der Waals surface area contributed by atoms with Gasteiger partial charge in [-0.2, -0.15) is 0 Å². The van der Waals surface area contributed by atoms with Crippen LogP contribution >= 0.6 is 7.60 Å². The number of hydrogen-bond donors (Lipinski definition) is 2. The molecule has 0 aliphatic carbocycles. The highest BCUT2D eigenvalue weighted by Crippen LogP contribution is 2.34. The Labute approximate surface area is 84.6 Å². The number of ether oxygens (including phenoxy) is 1. The summed E-state index contributed by atoms with van der Waals surface area (Å²) in [5.74, 6) is -0.608. The van der Waals surface area contributed by atoms with Gasteiger partial charge in [-0.1, -0.05) is 26.7 Å². The van der Waals surface area contributed by atoms with Crippen molar-refractivity contribution in [2.24, 2.45) is 0 Å². The average molecular weight is 226 g/mol. The summed E-state index contributed by atoms with van der Waals surface area (Å²) in [7, 11) is -2.86. The molecule has 0 aromatic heterocycles. The van der Waals surface area contributed by atoms with Gasteiger partial charge in [0, 0.05) is 0 Å². The first-order valence-corrected chi connectivity index (χ1v) is 6.28. The van der Waals surface area contributed by atoms with Gasteiger partial charge < -0.3 is 14.5 Å². The van der Waals surface area contributed by atoms with Crippen molar-refractivity contribution in [1.29, 1.82) is 0 Å². The molecule has 0 aliphatic rings. The Morgan fingerprint density at radius 3 is 1.93 bits per heavy atom. The Bertz CT molecular complexity index is 184.